The van der Waals surface area contributed by atoms with Crippen molar-refractivity contribution < 1.29 is 8.42 Å². The summed E-state index contributed by atoms with van der Waals surface area (Å²) in [5, 5.41) is 0. The van der Waals surface area contributed by atoms with Crippen molar-refractivity contribution in [2.45, 2.75) is 19.3 Å². The Morgan fingerprint density at radius 3 is 2.36 bits per heavy atom. The van der Waals surface area contributed by atoms with Gasteiger partial charge in [-0.15, -0.1) is 0 Å². The van der Waals surface area contributed by atoms with Gasteiger partial charge < -0.3 is 4.90 Å². The highest BCUT2D eigenvalue weighted by Crippen LogP contribution is 2.19. The van der Waals surface area contributed by atoms with E-state index in [9.17, 15) is 8.42 Å². The average Bonchev–Trinajstić information content (AvgIpc) is 2.14. The van der Waals surface area contributed by atoms with E-state index in [1.807, 2.05) is 0 Å². The van der Waals surface area contributed by atoms with Crippen molar-refractivity contribution >= 4 is 9.84 Å². The summed E-state index contributed by atoms with van der Waals surface area (Å²) in [5.41, 5.74) is 0. The zero-order chi connectivity index (χ0) is 10.6. The predicted molar refractivity (Wildman–Crippen MR) is 58.8 cm³/mol. The molecule has 0 spiro atoms. The lowest BCUT2D eigenvalue weighted by atomic mass is 9.94. The summed E-state index contributed by atoms with van der Waals surface area (Å²) in [6, 6.07) is 0. The Labute approximate surface area is 87.4 Å². The van der Waals surface area contributed by atoms with Crippen LogP contribution >= 0.6 is 0 Å². The summed E-state index contributed by atoms with van der Waals surface area (Å²) in [6.45, 7) is 6.68. The standard InChI is InChI=1S/C10H20NO2S/c1-3-10-4-6-11(7-5-10)8-9-14(2,12)13/h10H,1,3-9H2,2H3. The number of rotatable bonds is 4. The smallest absolute Gasteiger partial charge is 0.148 e. The van der Waals surface area contributed by atoms with Crippen LogP contribution in [-0.4, -0.2) is 45.0 Å². The lowest BCUT2D eigenvalue weighted by molar-refractivity contribution is 0.194. The van der Waals surface area contributed by atoms with Gasteiger partial charge in [-0.2, -0.15) is 0 Å². The Morgan fingerprint density at radius 2 is 1.93 bits per heavy atom. The van der Waals surface area contributed by atoms with Crippen LogP contribution in [0, 0.1) is 12.8 Å². The summed E-state index contributed by atoms with van der Waals surface area (Å²) >= 11 is 0. The fraction of sp³-hybridized carbons (Fsp3) is 0.900. The lowest BCUT2D eigenvalue weighted by Gasteiger charge is -2.31. The molecule has 0 bridgehead atoms. The minimum absolute atomic E-state index is 0.294. The lowest BCUT2D eigenvalue weighted by Crippen LogP contribution is -2.36. The van der Waals surface area contributed by atoms with Gasteiger partial charge in [-0.05, 0) is 31.8 Å². The Morgan fingerprint density at radius 1 is 1.36 bits per heavy atom. The van der Waals surface area contributed by atoms with E-state index in [0.717, 1.165) is 25.4 Å². The van der Waals surface area contributed by atoms with Crippen molar-refractivity contribution in [2.24, 2.45) is 5.92 Å². The highest BCUT2D eigenvalue weighted by atomic mass is 32.2. The zero-order valence-corrected chi connectivity index (χ0v) is 9.72. The van der Waals surface area contributed by atoms with Gasteiger partial charge in [0, 0.05) is 12.8 Å². The van der Waals surface area contributed by atoms with Crippen LogP contribution in [0.1, 0.15) is 19.3 Å². The minimum Gasteiger partial charge on any atom is -0.302 e. The van der Waals surface area contributed by atoms with E-state index in [-0.39, 0.29) is 0 Å². The third-order valence-electron chi connectivity index (χ3n) is 2.89. The van der Waals surface area contributed by atoms with Gasteiger partial charge in [0.25, 0.3) is 0 Å². The van der Waals surface area contributed by atoms with Crippen LogP contribution in [0.25, 0.3) is 0 Å². The number of piperidine rings is 1. The van der Waals surface area contributed by atoms with Crippen molar-refractivity contribution in [3.63, 3.8) is 0 Å². The van der Waals surface area contributed by atoms with Crippen LogP contribution in [0.15, 0.2) is 0 Å². The maximum absolute atomic E-state index is 11.0. The number of hydrogen-bond donors (Lipinski definition) is 0. The van der Waals surface area contributed by atoms with Crippen molar-refractivity contribution in [1.29, 1.82) is 0 Å². The Bertz CT molecular complexity index is 253. The third kappa shape index (κ3) is 4.42. The SMILES string of the molecule is [CH2]CC1CCN(CCS(C)(=O)=O)CC1. The minimum atomic E-state index is -2.80. The molecule has 0 saturated carbocycles. The molecule has 0 N–H and O–H groups in total. The fourth-order valence-electron chi connectivity index (χ4n) is 1.79. The van der Waals surface area contributed by atoms with E-state index in [1.54, 1.807) is 0 Å². The maximum atomic E-state index is 11.0. The van der Waals surface area contributed by atoms with Gasteiger partial charge in [0.2, 0.25) is 0 Å². The number of nitrogens with zero attached hydrogens (tertiary/aromatic N) is 1. The first-order valence-electron chi connectivity index (χ1n) is 5.20. The highest BCUT2D eigenvalue weighted by molar-refractivity contribution is 7.90. The molecule has 4 heteroatoms. The van der Waals surface area contributed by atoms with Gasteiger partial charge >= 0.3 is 0 Å². The first kappa shape index (κ1) is 12.0. The molecule has 0 amide bonds. The summed E-state index contributed by atoms with van der Waals surface area (Å²) in [5.74, 6) is 1.05. The van der Waals surface area contributed by atoms with Gasteiger partial charge in [-0.25, -0.2) is 8.42 Å². The van der Waals surface area contributed by atoms with Gasteiger partial charge in [-0.3, -0.25) is 0 Å². The molecule has 0 atom stereocenters. The third-order valence-corrected chi connectivity index (χ3v) is 3.82. The second-order valence-corrected chi connectivity index (χ2v) is 6.46. The second-order valence-electron chi connectivity index (χ2n) is 4.20. The van der Waals surface area contributed by atoms with E-state index in [0.29, 0.717) is 12.3 Å². The van der Waals surface area contributed by atoms with Crippen molar-refractivity contribution in [1.82, 2.24) is 4.90 Å². The second kappa shape index (κ2) is 5.12. The number of hydrogen-bond acceptors (Lipinski definition) is 3. The highest BCUT2D eigenvalue weighted by Gasteiger charge is 2.18. The molecule has 1 saturated heterocycles. The Hall–Kier alpha value is -0.0900. The molecular formula is C10H20NO2S. The van der Waals surface area contributed by atoms with Crippen LogP contribution in [0.4, 0.5) is 0 Å². The van der Waals surface area contributed by atoms with Crippen molar-refractivity contribution in [3.05, 3.63) is 6.92 Å². The van der Waals surface area contributed by atoms with E-state index >= 15 is 0 Å². The average molecular weight is 218 g/mol. The molecule has 1 aliphatic heterocycles. The first-order valence-corrected chi connectivity index (χ1v) is 7.26. The summed E-state index contributed by atoms with van der Waals surface area (Å²) in [4.78, 5) is 2.24. The van der Waals surface area contributed by atoms with E-state index in [4.69, 9.17) is 0 Å². The predicted octanol–water partition coefficient (Wildman–Crippen LogP) is 0.967. The number of likely N-dealkylation sites (tertiary alicyclic amines) is 1. The normalized spacial score (nSPS) is 21.3. The Balaban J connectivity index is 2.23. The van der Waals surface area contributed by atoms with Crippen molar-refractivity contribution in [3.8, 4) is 0 Å². The van der Waals surface area contributed by atoms with Gasteiger partial charge in [0.1, 0.15) is 9.84 Å². The van der Waals surface area contributed by atoms with Crippen molar-refractivity contribution in [2.75, 3.05) is 31.6 Å². The first-order chi connectivity index (χ1) is 6.51. The topological polar surface area (TPSA) is 37.4 Å². The van der Waals surface area contributed by atoms with Gasteiger partial charge in [0.05, 0.1) is 5.75 Å². The molecule has 1 radical (unpaired) electrons. The molecule has 0 aromatic rings. The molecule has 1 aliphatic rings. The largest absolute Gasteiger partial charge is 0.302 e. The fourth-order valence-corrected chi connectivity index (χ4v) is 2.38. The molecule has 3 nitrogen and oxygen atoms in total. The summed E-state index contributed by atoms with van der Waals surface area (Å²) in [6.07, 6.45) is 4.66. The molecule has 0 unspecified atom stereocenters. The molecule has 1 rings (SSSR count). The molecule has 1 fully saturated rings. The van der Waals surface area contributed by atoms with Gasteiger partial charge in [0.15, 0.2) is 0 Å². The van der Waals surface area contributed by atoms with Crippen LogP contribution in [0.3, 0.4) is 0 Å². The van der Waals surface area contributed by atoms with Crippen LogP contribution in [-0.2, 0) is 9.84 Å². The molecule has 83 valence electrons. The van der Waals surface area contributed by atoms with E-state index < -0.39 is 9.84 Å². The van der Waals surface area contributed by atoms with Crippen LogP contribution in [0.2, 0.25) is 0 Å². The number of sulfone groups is 1. The molecular weight excluding hydrogens is 198 g/mol. The summed E-state index contributed by atoms with van der Waals surface area (Å²) in [7, 11) is -2.80. The van der Waals surface area contributed by atoms with Gasteiger partial charge in [-0.1, -0.05) is 13.3 Å². The Kier molecular flexibility index (Phi) is 4.38. The van der Waals surface area contributed by atoms with Crippen LogP contribution < -0.4 is 0 Å². The molecule has 0 aromatic carbocycles. The van der Waals surface area contributed by atoms with E-state index in [2.05, 4.69) is 11.8 Å². The summed E-state index contributed by atoms with van der Waals surface area (Å²) < 4.78 is 21.9. The quantitative estimate of drug-likeness (QED) is 0.705. The molecule has 14 heavy (non-hydrogen) atoms. The molecule has 0 aromatic heterocycles. The zero-order valence-electron chi connectivity index (χ0n) is 8.91. The maximum Gasteiger partial charge on any atom is 0.148 e. The van der Waals surface area contributed by atoms with Crippen LogP contribution in [0.5, 0.6) is 0 Å². The molecule has 0 aliphatic carbocycles. The molecule has 1 heterocycles. The monoisotopic (exact) mass is 218 g/mol. The van der Waals surface area contributed by atoms with E-state index in [1.165, 1.54) is 19.1 Å².